The van der Waals surface area contributed by atoms with E-state index in [1.807, 2.05) is 11.8 Å². The Morgan fingerprint density at radius 2 is 1.79 bits per heavy atom. The van der Waals surface area contributed by atoms with E-state index in [2.05, 4.69) is 15.0 Å². The smallest absolute Gasteiger partial charge is 0.285 e. The molecule has 0 aromatic heterocycles. The molecule has 0 spiro atoms. The number of likely N-dealkylation sites (tertiary alicyclic amines) is 1. The van der Waals surface area contributed by atoms with Gasteiger partial charge in [-0.05, 0) is 56.2 Å². The number of carbonyl (C=O) groups is 2. The molecule has 0 unspecified atom stereocenters. The second-order valence-corrected chi connectivity index (χ2v) is 9.48. The van der Waals surface area contributed by atoms with Gasteiger partial charge in [-0.1, -0.05) is 12.1 Å². The molecule has 1 fully saturated rings. The summed E-state index contributed by atoms with van der Waals surface area (Å²) in [5.74, 6) is 0.564. The molecule has 0 atom stereocenters. The van der Waals surface area contributed by atoms with Crippen LogP contribution in [0, 0.1) is 5.92 Å². The van der Waals surface area contributed by atoms with Crippen LogP contribution in [0.25, 0.3) is 0 Å². The number of fused-ring (bicyclic) bond motifs is 1. The van der Waals surface area contributed by atoms with Crippen molar-refractivity contribution >= 4 is 33.4 Å². The molecule has 9 nitrogen and oxygen atoms in total. The molecule has 0 saturated carbocycles. The van der Waals surface area contributed by atoms with Gasteiger partial charge in [0.2, 0.25) is 5.91 Å². The van der Waals surface area contributed by atoms with Crippen molar-refractivity contribution in [3.63, 3.8) is 0 Å². The Morgan fingerprint density at radius 1 is 1.09 bits per heavy atom. The van der Waals surface area contributed by atoms with E-state index in [0.29, 0.717) is 55.3 Å². The SMILES string of the molecule is CCNC(=O)COc1ccc(NC(=O)C2CCN(C3=NS(=O)(=O)c4ccccc43)CC2)cc1. The first kappa shape index (κ1) is 22.8. The summed E-state index contributed by atoms with van der Waals surface area (Å²) < 4.78 is 34.0. The molecule has 10 heteroatoms. The normalized spacial score (nSPS) is 17.1. The summed E-state index contributed by atoms with van der Waals surface area (Å²) >= 11 is 0. The van der Waals surface area contributed by atoms with Crippen molar-refractivity contribution in [3.8, 4) is 5.75 Å². The number of rotatable bonds is 6. The molecule has 2 N–H and O–H groups in total. The number of benzene rings is 2. The Kier molecular flexibility index (Phi) is 6.64. The zero-order valence-electron chi connectivity index (χ0n) is 18.3. The third kappa shape index (κ3) is 5.16. The molecule has 2 aromatic carbocycles. The van der Waals surface area contributed by atoms with Crippen LogP contribution in [0.3, 0.4) is 0 Å². The van der Waals surface area contributed by atoms with Crippen molar-refractivity contribution in [2.24, 2.45) is 10.3 Å². The fourth-order valence-corrected chi connectivity index (χ4v) is 5.17. The lowest BCUT2D eigenvalue weighted by atomic mass is 9.95. The average molecular weight is 471 g/mol. The Hall–Kier alpha value is -3.40. The number of sulfonamides is 1. The average Bonchev–Trinajstić information content (AvgIpc) is 3.10. The summed E-state index contributed by atoms with van der Waals surface area (Å²) in [6, 6.07) is 13.7. The number of carbonyl (C=O) groups excluding carboxylic acids is 2. The molecule has 2 heterocycles. The highest BCUT2D eigenvalue weighted by Gasteiger charge is 2.34. The first-order valence-electron chi connectivity index (χ1n) is 10.9. The van der Waals surface area contributed by atoms with Crippen LogP contribution in [0.2, 0.25) is 0 Å². The number of hydrogen-bond donors (Lipinski definition) is 2. The summed E-state index contributed by atoms with van der Waals surface area (Å²) in [5.41, 5.74) is 1.27. The van der Waals surface area contributed by atoms with Gasteiger partial charge < -0.3 is 20.3 Å². The second kappa shape index (κ2) is 9.62. The van der Waals surface area contributed by atoms with Crippen molar-refractivity contribution in [1.82, 2.24) is 10.2 Å². The molecule has 1 saturated heterocycles. The van der Waals surface area contributed by atoms with Gasteiger partial charge in [-0.2, -0.15) is 8.42 Å². The van der Waals surface area contributed by atoms with E-state index in [1.54, 1.807) is 48.5 Å². The van der Waals surface area contributed by atoms with Gasteiger partial charge in [0.15, 0.2) is 12.4 Å². The third-order valence-corrected chi connectivity index (χ3v) is 6.97. The minimum absolute atomic E-state index is 0.0603. The zero-order valence-corrected chi connectivity index (χ0v) is 19.1. The number of amidine groups is 1. The Labute approximate surface area is 192 Å². The van der Waals surface area contributed by atoms with E-state index in [1.165, 1.54) is 0 Å². The summed E-state index contributed by atoms with van der Waals surface area (Å²) in [6.45, 7) is 3.42. The number of ether oxygens (including phenoxy) is 1. The zero-order chi connectivity index (χ0) is 23.4. The lowest BCUT2D eigenvalue weighted by molar-refractivity contribution is -0.123. The van der Waals surface area contributed by atoms with E-state index in [0.717, 1.165) is 0 Å². The monoisotopic (exact) mass is 470 g/mol. The van der Waals surface area contributed by atoms with Crippen LogP contribution in [0.5, 0.6) is 5.75 Å². The largest absolute Gasteiger partial charge is 0.484 e. The van der Waals surface area contributed by atoms with Gasteiger partial charge in [0.25, 0.3) is 15.9 Å². The van der Waals surface area contributed by atoms with Crippen LogP contribution in [0.1, 0.15) is 25.3 Å². The van der Waals surface area contributed by atoms with Gasteiger partial charge in [0.05, 0.1) is 0 Å². The number of amides is 2. The van der Waals surface area contributed by atoms with Crippen LogP contribution in [-0.2, 0) is 19.6 Å². The second-order valence-electron chi connectivity index (χ2n) is 7.90. The molecular weight excluding hydrogens is 444 g/mol. The highest BCUT2D eigenvalue weighted by atomic mass is 32.2. The van der Waals surface area contributed by atoms with Gasteiger partial charge in [0, 0.05) is 36.8 Å². The molecule has 174 valence electrons. The predicted octanol–water partition coefficient (Wildman–Crippen LogP) is 2.00. The third-order valence-electron chi connectivity index (χ3n) is 5.64. The van der Waals surface area contributed by atoms with Crippen molar-refractivity contribution in [3.05, 3.63) is 54.1 Å². The molecule has 0 bridgehead atoms. The summed E-state index contributed by atoms with van der Waals surface area (Å²) in [7, 11) is -3.66. The van der Waals surface area contributed by atoms with E-state index >= 15 is 0 Å². The van der Waals surface area contributed by atoms with E-state index in [-0.39, 0.29) is 29.2 Å². The van der Waals surface area contributed by atoms with Crippen LogP contribution >= 0.6 is 0 Å². The van der Waals surface area contributed by atoms with Gasteiger partial charge in [-0.15, -0.1) is 4.40 Å². The number of anilines is 1. The van der Waals surface area contributed by atoms with Crippen LogP contribution in [0.4, 0.5) is 5.69 Å². The van der Waals surface area contributed by atoms with Gasteiger partial charge in [-0.3, -0.25) is 9.59 Å². The topological polar surface area (TPSA) is 117 Å². The Bertz CT molecular complexity index is 1170. The molecular formula is C23H26N4O5S. The van der Waals surface area contributed by atoms with E-state index in [9.17, 15) is 18.0 Å². The fraction of sp³-hybridized carbons (Fsp3) is 0.348. The number of hydrogen-bond acceptors (Lipinski definition) is 6. The van der Waals surface area contributed by atoms with E-state index < -0.39 is 10.0 Å². The van der Waals surface area contributed by atoms with Crippen LogP contribution < -0.4 is 15.4 Å². The number of nitrogens with one attached hydrogen (secondary N) is 2. The molecule has 2 aromatic rings. The highest BCUT2D eigenvalue weighted by molar-refractivity contribution is 7.90. The summed E-state index contributed by atoms with van der Waals surface area (Å²) in [6.07, 6.45) is 1.20. The maximum atomic E-state index is 12.7. The first-order valence-corrected chi connectivity index (χ1v) is 12.3. The summed E-state index contributed by atoms with van der Waals surface area (Å²) in [5, 5.41) is 5.58. The van der Waals surface area contributed by atoms with Crippen molar-refractivity contribution in [2.75, 3.05) is 31.6 Å². The highest BCUT2D eigenvalue weighted by Crippen LogP contribution is 2.30. The van der Waals surface area contributed by atoms with Crippen molar-refractivity contribution in [1.29, 1.82) is 0 Å². The Balaban J connectivity index is 1.30. The number of nitrogens with zero attached hydrogens (tertiary/aromatic N) is 2. The molecule has 33 heavy (non-hydrogen) atoms. The maximum absolute atomic E-state index is 12.7. The lowest BCUT2D eigenvalue weighted by Gasteiger charge is -2.32. The molecule has 0 radical (unpaired) electrons. The molecule has 2 amide bonds. The predicted molar refractivity (Wildman–Crippen MR) is 124 cm³/mol. The van der Waals surface area contributed by atoms with Crippen LogP contribution in [0.15, 0.2) is 57.8 Å². The molecule has 2 aliphatic rings. The van der Waals surface area contributed by atoms with Gasteiger partial charge >= 0.3 is 0 Å². The number of likely N-dealkylation sites (N-methyl/N-ethyl adjacent to an activating group) is 1. The first-order chi connectivity index (χ1) is 15.9. The Morgan fingerprint density at radius 3 is 2.48 bits per heavy atom. The fourth-order valence-electron chi connectivity index (χ4n) is 3.95. The van der Waals surface area contributed by atoms with Crippen molar-refractivity contribution < 1.29 is 22.7 Å². The minimum atomic E-state index is -3.66. The lowest BCUT2D eigenvalue weighted by Crippen LogP contribution is -2.41. The van der Waals surface area contributed by atoms with Crippen molar-refractivity contribution in [2.45, 2.75) is 24.7 Å². The molecule has 0 aliphatic carbocycles. The van der Waals surface area contributed by atoms with E-state index in [4.69, 9.17) is 4.74 Å². The van der Waals surface area contributed by atoms with Gasteiger partial charge in [0.1, 0.15) is 10.6 Å². The standard InChI is InChI=1S/C23H26N4O5S/c1-2-24-21(28)15-32-18-9-7-17(8-10-18)25-23(29)16-11-13-27(14-12-16)22-19-5-3-4-6-20(19)33(30,31)26-22/h3-10,16H,2,11-15H2,1H3,(H,24,28)(H,25,29). The molecule has 4 rings (SSSR count). The molecule has 2 aliphatic heterocycles. The van der Waals surface area contributed by atoms with Gasteiger partial charge in [-0.25, -0.2) is 0 Å². The number of piperidine rings is 1. The minimum Gasteiger partial charge on any atom is -0.484 e. The summed E-state index contributed by atoms with van der Waals surface area (Å²) in [4.78, 5) is 26.4. The quantitative estimate of drug-likeness (QED) is 0.667. The maximum Gasteiger partial charge on any atom is 0.285 e. The van der Waals surface area contributed by atoms with Crippen LogP contribution in [-0.4, -0.2) is 57.2 Å².